The Morgan fingerprint density at radius 2 is 1.84 bits per heavy atom. The Hall–Kier alpha value is -3.88. The number of halogens is 2. The van der Waals surface area contributed by atoms with E-state index in [9.17, 15) is 13.6 Å². The molecule has 0 saturated heterocycles. The molecule has 4 heterocycles. The van der Waals surface area contributed by atoms with Gasteiger partial charge in [0, 0.05) is 49.2 Å². The van der Waals surface area contributed by atoms with E-state index in [1.54, 1.807) is 6.20 Å². The van der Waals surface area contributed by atoms with E-state index in [-0.39, 0.29) is 5.56 Å². The first-order valence-corrected chi connectivity index (χ1v) is 9.78. The van der Waals surface area contributed by atoms with Crippen molar-refractivity contribution in [3.8, 4) is 0 Å². The number of pyridine rings is 1. The van der Waals surface area contributed by atoms with Gasteiger partial charge in [0.05, 0.1) is 11.9 Å². The average Bonchev–Trinajstić information content (AvgIpc) is 2.72. The largest absolute Gasteiger partial charge is 0.354 e. The zero-order chi connectivity index (χ0) is 21.5. The summed E-state index contributed by atoms with van der Waals surface area (Å²) in [5, 5.41) is 7.53. The van der Waals surface area contributed by atoms with Crippen LogP contribution in [0.4, 0.5) is 26.0 Å². The number of hydrogen-bond acceptors (Lipinski definition) is 6. The molecule has 0 saturated carbocycles. The summed E-state index contributed by atoms with van der Waals surface area (Å²) in [4.78, 5) is 23.0. The fraction of sp³-hybridized carbons (Fsp3) is 0.182. The van der Waals surface area contributed by atoms with Gasteiger partial charge in [0.1, 0.15) is 11.6 Å². The van der Waals surface area contributed by atoms with E-state index >= 15 is 0 Å². The van der Waals surface area contributed by atoms with Crippen molar-refractivity contribution in [1.29, 1.82) is 0 Å². The van der Waals surface area contributed by atoms with E-state index < -0.39 is 11.6 Å². The molecule has 31 heavy (non-hydrogen) atoms. The maximum Gasteiger partial charge on any atom is 0.274 e. The van der Waals surface area contributed by atoms with Crippen LogP contribution in [0, 0.1) is 18.6 Å². The Balaban J connectivity index is 1.45. The van der Waals surface area contributed by atoms with Crippen molar-refractivity contribution in [3.63, 3.8) is 0 Å². The van der Waals surface area contributed by atoms with Crippen molar-refractivity contribution in [2.24, 2.45) is 0 Å². The second-order valence-corrected chi connectivity index (χ2v) is 7.49. The molecule has 1 N–H and O–H groups in total. The Kier molecular flexibility index (Phi) is 4.58. The summed E-state index contributed by atoms with van der Waals surface area (Å²) in [6.45, 7) is 3.19. The highest BCUT2D eigenvalue weighted by Gasteiger charge is 2.21. The lowest BCUT2D eigenvalue weighted by Gasteiger charge is -2.30. The molecule has 0 fully saturated rings. The number of nitrogens with zero attached hydrogens (tertiary/aromatic N) is 5. The number of benzene rings is 1. The highest BCUT2D eigenvalue weighted by molar-refractivity contribution is 5.61. The Labute approximate surface area is 176 Å². The van der Waals surface area contributed by atoms with Crippen molar-refractivity contribution in [1.82, 2.24) is 19.6 Å². The number of aromatic nitrogens is 4. The van der Waals surface area contributed by atoms with Crippen molar-refractivity contribution >= 4 is 22.8 Å². The SMILES string of the molecule is Cc1cc2nccc(=O)n2nc1N1CCc2ncc(Nc3cc(F)cc(F)c3)cc2C1. The minimum absolute atomic E-state index is 0.237. The number of rotatable bonds is 3. The quantitative estimate of drug-likeness (QED) is 0.548. The lowest BCUT2D eigenvalue weighted by molar-refractivity contribution is 0.584. The highest BCUT2D eigenvalue weighted by Crippen LogP contribution is 2.27. The van der Waals surface area contributed by atoms with E-state index in [4.69, 9.17) is 0 Å². The van der Waals surface area contributed by atoms with E-state index in [0.717, 1.165) is 22.9 Å². The van der Waals surface area contributed by atoms with Gasteiger partial charge in [0.25, 0.3) is 5.56 Å². The minimum atomic E-state index is -0.651. The van der Waals surface area contributed by atoms with E-state index in [1.807, 2.05) is 19.1 Å². The van der Waals surface area contributed by atoms with Crippen molar-refractivity contribution in [2.45, 2.75) is 19.9 Å². The Morgan fingerprint density at radius 3 is 2.65 bits per heavy atom. The number of nitrogens with one attached hydrogen (secondary N) is 1. The van der Waals surface area contributed by atoms with Gasteiger partial charge in [-0.2, -0.15) is 4.52 Å². The van der Waals surface area contributed by atoms with Crippen LogP contribution in [0.15, 0.2) is 53.6 Å². The van der Waals surface area contributed by atoms with Crippen molar-refractivity contribution in [3.05, 3.63) is 87.6 Å². The first-order chi connectivity index (χ1) is 15.0. The maximum absolute atomic E-state index is 13.5. The molecule has 0 spiro atoms. The van der Waals surface area contributed by atoms with Gasteiger partial charge in [-0.15, -0.1) is 5.10 Å². The summed E-state index contributed by atoms with van der Waals surface area (Å²) < 4.78 is 28.3. The summed E-state index contributed by atoms with van der Waals surface area (Å²) in [7, 11) is 0. The van der Waals surface area contributed by atoms with Crippen LogP contribution in [0.2, 0.25) is 0 Å². The highest BCUT2D eigenvalue weighted by atomic mass is 19.1. The molecule has 7 nitrogen and oxygen atoms in total. The summed E-state index contributed by atoms with van der Waals surface area (Å²) >= 11 is 0. The molecule has 1 aliphatic rings. The normalized spacial score (nSPS) is 13.3. The molecule has 5 rings (SSSR count). The van der Waals surface area contributed by atoms with Gasteiger partial charge in [0.15, 0.2) is 11.5 Å². The number of aryl methyl sites for hydroxylation is 1. The average molecular weight is 420 g/mol. The molecule has 4 aromatic rings. The van der Waals surface area contributed by atoms with Crippen molar-refractivity contribution in [2.75, 3.05) is 16.8 Å². The molecular weight excluding hydrogens is 402 g/mol. The van der Waals surface area contributed by atoms with Gasteiger partial charge in [-0.3, -0.25) is 9.78 Å². The van der Waals surface area contributed by atoms with Crippen LogP contribution >= 0.6 is 0 Å². The van der Waals surface area contributed by atoms with Crippen molar-refractivity contribution < 1.29 is 8.78 Å². The summed E-state index contributed by atoms with van der Waals surface area (Å²) in [5.41, 5.74) is 4.07. The monoisotopic (exact) mass is 420 g/mol. The van der Waals surface area contributed by atoms with E-state index in [2.05, 4.69) is 25.3 Å². The molecule has 0 bridgehead atoms. The molecule has 156 valence electrons. The van der Waals surface area contributed by atoms with Gasteiger partial charge >= 0.3 is 0 Å². The number of anilines is 3. The van der Waals surface area contributed by atoms with E-state index in [1.165, 1.54) is 28.9 Å². The second kappa shape index (κ2) is 7.42. The third kappa shape index (κ3) is 3.70. The lowest BCUT2D eigenvalue weighted by Crippen LogP contribution is -2.33. The lowest BCUT2D eigenvalue weighted by atomic mass is 10.0. The molecule has 0 radical (unpaired) electrons. The molecule has 0 aliphatic carbocycles. The molecule has 0 atom stereocenters. The zero-order valence-electron chi connectivity index (χ0n) is 16.6. The third-order valence-electron chi connectivity index (χ3n) is 5.23. The van der Waals surface area contributed by atoms with Crippen LogP contribution in [0.5, 0.6) is 0 Å². The van der Waals surface area contributed by atoms with Crippen LogP contribution in [-0.2, 0) is 13.0 Å². The maximum atomic E-state index is 13.5. The van der Waals surface area contributed by atoms with Gasteiger partial charge in [-0.25, -0.2) is 13.8 Å². The third-order valence-corrected chi connectivity index (χ3v) is 5.23. The Bertz CT molecular complexity index is 1350. The van der Waals surface area contributed by atoms with Gasteiger partial charge in [-0.1, -0.05) is 0 Å². The molecule has 3 aromatic heterocycles. The van der Waals surface area contributed by atoms with Crippen LogP contribution in [-0.4, -0.2) is 26.1 Å². The summed E-state index contributed by atoms with van der Waals surface area (Å²) in [5.74, 6) is -0.594. The number of hydrogen-bond donors (Lipinski definition) is 1. The van der Waals surface area contributed by atoms with Gasteiger partial charge in [-0.05, 0) is 42.3 Å². The predicted molar refractivity (Wildman–Crippen MR) is 113 cm³/mol. The summed E-state index contributed by atoms with van der Waals surface area (Å²) in [6, 6.07) is 8.41. The predicted octanol–water partition coefficient (Wildman–Crippen LogP) is 3.38. The first-order valence-electron chi connectivity index (χ1n) is 9.78. The fourth-order valence-corrected chi connectivity index (χ4v) is 3.83. The first kappa shape index (κ1) is 19.1. The van der Waals surface area contributed by atoms with Gasteiger partial charge < -0.3 is 10.2 Å². The van der Waals surface area contributed by atoms with Crippen LogP contribution in [0.25, 0.3) is 5.65 Å². The molecule has 0 amide bonds. The topological polar surface area (TPSA) is 75.4 Å². The van der Waals surface area contributed by atoms with Crippen LogP contribution in [0.3, 0.4) is 0 Å². The second-order valence-electron chi connectivity index (χ2n) is 7.49. The molecule has 1 aromatic carbocycles. The molecule has 1 aliphatic heterocycles. The van der Waals surface area contributed by atoms with E-state index in [0.29, 0.717) is 42.4 Å². The standard InChI is InChI=1S/C22H18F2N6O/c1-13-6-20-25-4-2-21(31)30(20)28-22(13)29-5-3-19-14(12-29)7-18(11-26-19)27-17-9-15(23)8-16(24)10-17/h2,4,6-11,27H,3,5,12H2,1H3. The molecule has 0 unspecified atom stereocenters. The zero-order valence-corrected chi connectivity index (χ0v) is 16.6. The molecular formula is C22H18F2N6O. The number of fused-ring (bicyclic) bond motifs is 2. The minimum Gasteiger partial charge on any atom is -0.354 e. The molecule has 9 heteroatoms. The fourth-order valence-electron chi connectivity index (χ4n) is 3.83. The van der Waals surface area contributed by atoms with Crippen LogP contribution < -0.4 is 15.8 Å². The van der Waals surface area contributed by atoms with Gasteiger partial charge in [0.2, 0.25) is 0 Å². The summed E-state index contributed by atoms with van der Waals surface area (Å²) in [6.07, 6.45) is 3.84. The Morgan fingerprint density at radius 1 is 1.03 bits per heavy atom. The van der Waals surface area contributed by atoms with Crippen LogP contribution in [0.1, 0.15) is 16.8 Å². The smallest absolute Gasteiger partial charge is 0.274 e.